The highest BCUT2D eigenvalue weighted by molar-refractivity contribution is 6.06. The molecule has 0 bridgehead atoms. The first-order chi connectivity index (χ1) is 13.0. The van der Waals surface area contributed by atoms with Gasteiger partial charge in [0.25, 0.3) is 0 Å². The minimum atomic E-state index is -0.622. The Balaban J connectivity index is 1.68. The van der Waals surface area contributed by atoms with Crippen LogP contribution in [0.1, 0.15) is 30.9 Å². The first kappa shape index (κ1) is 18.8. The number of fused-ring (bicyclic) bond motifs is 1. The van der Waals surface area contributed by atoms with Gasteiger partial charge < -0.3 is 20.7 Å². The third kappa shape index (κ3) is 4.39. The predicted molar refractivity (Wildman–Crippen MR) is 107 cm³/mol. The lowest BCUT2D eigenvalue weighted by Crippen LogP contribution is -2.41. The number of aryl methyl sites for hydroxylation is 2. The number of ether oxygens (including phenoxy) is 1. The van der Waals surface area contributed by atoms with Crippen LogP contribution in [0.15, 0.2) is 36.4 Å². The summed E-state index contributed by atoms with van der Waals surface area (Å²) in [7, 11) is 0. The first-order valence-corrected chi connectivity index (χ1v) is 9.18. The quantitative estimate of drug-likeness (QED) is 0.724. The SMILES string of the molecule is CCCOc1ccccc1NC(=O)C[C@@H]1Nc2cc(C)c(C)cc2NC1=O. The third-order valence-electron chi connectivity index (χ3n) is 4.55. The van der Waals surface area contributed by atoms with Crippen LogP contribution in [0.5, 0.6) is 5.75 Å². The van der Waals surface area contributed by atoms with Crippen molar-refractivity contribution >= 4 is 28.9 Å². The van der Waals surface area contributed by atoms with E-state index in [4.69, 9.17) is 4.74 Å². The number of benzene rings is 2. The zero-order chi connectivity index (χ0) is 19.4. The van der Waals surface area contributed by atoms with E-state index in [0.717, 1.165) is 28.9 Å². The fourth-order valence-corrected chi connectivity index (χ4v) is 2.95. The van der Waals surface area contributed by atoms with Crippen molar-refractivity contribution < 1.29 is 14.3 Å². The summed E-state index contributed by atoms with van der Waals surface area (Å²) in [5, 5.41) is 8.90. The second-order valence-corrected chi connectivity index (χ2v) is 6.77. The molecule has 2 aromatic rings. The predicted octanol–water partition coefficient (Wildman–Crippen LogP) is 3.85. The zero-order valence-corrected chi connectivity index (χ0v) is 15.9. The molecule has 0 spiro atoms. The molecular formula is C21H25N3O3. The molecule has 1 heterocycles. The summed E-state index contributed by atoms with van der Waals surface area (Å²) in [6.45, 7) is 6.62. The first-order valence-electron chi connectivity index (χ1n) is 9.18. The van der Waals surface area contributed by atoms with Crippen LogP contribution in [-0.4, -0.2) is 24.5 Å². The van der Waals surface area contributed by atoms with Crippen LogP contribution in [0.25, 0.3) is 0 Å². The van der Waals surface area contributed by atoms with Crippen LogP contribution >= 0.6 is 0 Å². The Kier molecular flexibility index (Phi) is 5.64. The third-order valence-corrected chi connectivity index (χ3v) is 4.55. The van der Waals surface area contributed by atoms with Crippen molar-refractivity contribution in [2.45, 2.75) is 39.7 Å². The van der Waals surface area contributed by atoms with Crippen LogP contribution in [0.2, 0.25) is 0 Å². The second-order valence-electron chi connectivity index (χ2n) is 6.77. The smallest absolute Gasteiger partial charge is 0.247 e. The number of carbonyl (C=O) groups is 2. The number of nitrogens with one attached hydrogen (secondary N) is 3. The van der Waals surface area contributed by atoms with Crippen LogP contribution < -0.4 is 20.7 Å². The Morgan fingerprint density at radius 1 is 1.15 bits per heavy atom. The number of anilines is 3. The summed E-state index contributed by atoms with van der Waals surface area (Å²) in [5.41, 5.74) is 4.43. The number of hydrogen-bond acceptors (Lipinski definition) is 4. The van der Waals surface area contributed by atoms with Gasteiger partial charge in [0.15, 0.2) is 0 Å². The molecule has 6 nitrogen and oxygen atoms in total. The summed E-state index contributed by atoms with van der Waals surface area (Å²) < 4.78 is 5.66. The molecule has 6 heteroatoms. The van der Waals surface area contributed by atoms with E-state index in [0.29, 0.717) is 18.0 Å². The van der Waals surface area contributed by atoms with Gasteiger partial charge in [0.05, 0.1) is 30.1 Å². The summed E-state index contributed by atoms with van der Waals surface area (Å²) in [6, 6.07) is 10.6. The molecule has 1 atom stereocenters. The Labute approximate surface area is 159 Å². The Morgan fingerprint density at radius 3 is 2.59 bits per heavy atom. The Morgan fingerprint density at radius 2 is 1.85 bits per heavy atom. The zero-order valence-electron chi connectivity index (χ0n) is 15.9. The maximum Gasteiger partial charge on any atom is 0.247 e. The van der Waals surface area contributed by atoms with E-state index in [-0.39, 0.29) is 18.2 Å². The van der Waals surface area contributed by atoms with E-state index >= 15 is 0 Å². The highest BCUT2D eigenvalue weighted by Crippen LogP contribution is 2.31. The van der Waals surface area contributed by atoms with Gasteiger partial charge in [-0.3, -0.25) is 9.59 Å². The molecule has 2 amide bonds. The minimum Gasteiger partial charge on any atom is -0.491 e. The van der Waals surface area contributed by atoms with E-state index in [2.05, 4.69) is 16.0 Å². The van der Waals surface area contributed by atoms with Gasteiger partial charge in [0, 0.05) is 0 Å². The summed E-state index contributed by atoms with van der Waals surface area (Å²) in [5.74, 6) is 0.170. The Hall–Kier alpha value is -3.02. The van der Waals surface area contributed by atoms with E-state index in [9.17, 15) is 9.59 Å². The van der Waals surface area contributed by atoms with Crippen LogP contribution in [0.3, 0.4) is 0 Å². The molecule has 3 N–H and O–H groups in total. The molecule has 27 heavy (non-hydrogen) atoms. The molecule has 0 radical (unpaired) electrons. The molecule has 0 aliphatic carbocycles. The minimum absolute atomic E-state index is 0.0281. The molecule has 1 aliphatic rings. The van der Waals surface area contributed by atoms with Crippen molar-refractivity contribution in [1.29, 1.82) is 0 Å². The van der Waals surface area contributed by atoms with Gasteiger partial charge in [-0.05, 0) is 55.7 Å². The highest BCUT2D eigenvalue weighted by Gasteiger charge is 2.28. The lowest BCUT2D eigenvalue weighted by atomic mass is 10.0. The summed E-state index contributed by atoms with van der Waals surface area (Å²) in [4.78, 5) is 24.9. The van der Waals surface area contributed by atoms with Crippen molar-refractivity contribution in [2.75, 3.05) is 22.6 Å². The van der Waals surface area contributed by atoms with Crippen LogP contribution in [0.4, 0.5) is 17.1 Å². The monoisotopic (exact) mass is 367 g/mol. The Bertz CT molecular complexity index is 864. The van der Waals surface area contributed by atoms with Crippen molar-refractivity contribution in [3.8, 4) is 5.75 Å². The largest absolute Gasteiger partial charge is 0.491 e. The average Bonchev–Trinajstić information content (AvgIpc) is 2.63. The number of para-hydroxylation sites is 2. The normalized spacial score (nSPS) is 15.4. The highest BCUT2D eigenvalue weighted by atomic mass is 16.5. The van der Waals surface area contributed by atoms with Crippen molar-refractivity contribution in [3.05, 3.63) is 47.5 Å². The van der Waals surface area contributed by atoms with E-state index in [1.165, 1.54) is 0 Å². The van der Waals surface area contributed by atoms with E-state index < -0.39 is 6.04 Å². The van der Waals surface area contributed by atoms with Gasteiger partial charge in [0.2, 0.25) is 11.8 Å². The molecule has 0 saturated heterocycles. The molecule has 142 valence electrons. The van der Waals surface area contributed by atoms with Gasteiger partial charge in [-0.15, -0.1) is 0 Å². The van der Waals surface area contributed by atoms with Gasteiger partial charge in [-0.25, -0.2) is 0 Å². The lowest BCUT2D eigenvalue weighted by molar-refractivity contribution is -0.122. The van der Waals surface area contributed by atoms with Crippen molar-refractivity contribution in [3.63, 3.8) is 0 Å². The molecule has 0 saturated carbocycles. The molecule has 3 rings (SSSR count). The molecule has 0 fully saturated rings. The molecular weight excluding hydrogens is 342 g/mol. The summed E-state index contributed by atoms with van der Waals surface area (Å²) in [6.07, 6.45) is 0.910. The van der Waals surface area contributed by atoms with Gasteiger partial charge in [-0.2, -0.15) is 0 Å². The van der Waals surface area contributed by atoms with Crippen LogP contribution in [-0.2, 0) is 9.59 Å². The molecule has 0 aromatic heterocycles. The maximum atomic E-state index is 12.5. The topological polar surface area (TPSA) is 79.5 Å². The molecule has 1 aliphatic heterocycles. The average molecular weight is 367 g/mol. The fraction of sp³-hybridized carbons (Fsp3) is 0.333. The number of hydrogen-bond donors (Lipinski definition) is 3. The maximum absolute atomic E-state index is 12.5. The fourth-order valence-electron chi connectivity index (χ4n) is 2.95. The van der Waals surface area contributed by atoms with Crippen molar-refractivity contribution in [2.24, 2.45) is 0 Å². The van der Waals surface area contributed by atoms with Gasteiger partial charge >= 0.3 is 0 Å². The number of rotatable bonds is 6. The lowest BCUT2D eigenvalue weighted by Gasteiger charge is -2.27. The van der Waals surface area contributed by atoms with Crippen LogP contribution in [0, 0.1) is 13.8 Å². The summed E-state index contributed by atoms with van der Waals surface area (Å²) >= 11 is 0. The molecule has 0 unspecified atom stereocenters. The van der Waals surface area contributed by atoms with E-state index in [1.807, 2.05) is 51.1 Å². The number of amides is 2. The second kappa shape index (κ2) is 8.12. The van der Waals surface area contributed by atoms with Crippen molar-refractivity contribution in [1.82, 2.24) is 0 Å². The van der Waals surface area contributed by atoms with Gasteiger partial charge in [0.1, 0.15) is 11.8 Å². The standard InChI is InChI=1S/C21H25N3O3/c1-4-9-27-19-8-6-5-7-15(19)23-20(25)12-18-21(26)24-17-11-14(3)13(2)10-16(17)22-18/h5-8,10-11,18,22H,4,9,12H2,1-3H3,(H,23,25)(H,24,26)/t18-/m0/s1. The van der Waals surface area contributed by atoms with E-state index in [1.54, 1.807) is 6.07 Å². The molecule has 2 aromatic carbocycles. The van der Waals surface area contributed by atoms with Gasteiger partial charge in [-0.1, -0.05) is 19.1 Å². The number of carbonyl (C=O) groups excluding carboxylic acids is 2.